The Morgan fingerprint density at radius 2 is 1.29 bits per heavy atom. The first-order valence-corrected chi connectivity index (χ1v) is 11.3. The van der Waals surface area contributed by atoms with Crippen LogP contribution in [0.15, 0.2) is 96.1 Å². The molecular formula is C28H28N2O. The van der Waals surface area contributed by atoms with Crippen LogP contribution >= 0.6 is 0 Å². The third kappa shape index (κ3) is 3.81. The Labute approximate surface area is 184 Å². The summed E-state index contributed by atoms with van der Waals surface area (Å²) in [5.74, 6) is 0.329. The molecule has 2 aliphatic rings. The molecule has 3 heteroatoms. The van der Waals surface area contributed by atoms with Gasteiger partial charge in [0.1, 0.15) is 0 Å². The van der Waals surface area contributed by atoms with Crippen LogP contribution in [0.25, 0.3) is 0 Å². The van der Waals surface area contributed by atoms with Gasteiger partial charge >= 0.3 is 0 Å². The van der Waals surface area contributed by atoms with E-state index >= 15 is 0 Å². The summed E-state index contributed by atoms with van der Waals surface area (Å²) < 4.78 is 0. The second kappa shape index (κ2) is 8.50. The SMILES string of the molecule is O=C(N/N=C(\c1ccccc1)C1CCCC1)C1CC1(c1ccccc1)c1ccccc1. The Hall–Kier alpha value is -3.20. The van der Waals surface area contributed by atoms with E-state index in [1.165, 1.54) is 24.0 Å². The molecule has 3 nitrogen and oxygen atoms in total. The van der Waals surface area contributed by atoms with Gasteiger partial charge in [0.05, 0.1) is 11.6 Å². The largest absolute Gasteiger partial charge is 0.273 e. The Balaban J connectivity index is 1.42. The van der Waals surface area contributed by atoms with Gasteiger partial charge in [-0.3, -0.25) is 4.79 Å². The first kappa shape index (κ1) is 19.7. The first-order valence-electron chi connectivity index (χ1n) is 11.3. The van der Waals surface area contributed by atoms with Crippen LogP contribution in [0.5, 0.6) is 0 Å². The molecule has 0 saturated heterocycles. The van der Waals surface area contributed by atoms with Gasteiger partial charge in [0.25, 0.3) is 0 Å². The fourth-order valence-electron chi connectivity index (χ4n) is 5.25. The lowest BCUT2D eigenvalue weighted by Crippen LogP contribution is -2.28. The predicted molar refractivity (Wildman–Crippen MR) is 125 cm³/mol. The van der Waals surface area contributed by atoms with Gasteiger partial charge in [-0.1, -0.05) is 104 Å². The van der Waals surface area contributed by atoms with Gasteiger partial charge in [-0.05, 0) is 36.0 Å². The molecule has 2 aliphatic carbocycles. The zero-order chi connectivity index (χ0) is 21.1. The van der Waals surface area contributed by atoms with Crippen LogP contribution in [0.2, 0.25) is 0 Å². The minimum atomic E-state index is -0.262. The van der Waals surface area contributed by atoms with Gasteiger partial charge in [-0.25, -0.2) is 5.43 Å². The molecule has 0 heterocycles. The highest BCUT2D eigenvalue weighted by molar-refractivity contribution is 6.03. The molecular weight excluding hydrogens is 380 g/mol. The summed E-state index contributed by atoms with van der Waals surface area (Å²) in [6, 6.07) is 31.1. The highest BCUT2D eigenvalue weighted by Gasteiger charge is 2.60. The minimum absolute atomic E-state index is 0.0131. The van der Waals surface area contributed by atoms with E-state index in [0.29, 0.717) is 5.92 Å². The van der Waals surface area contributed by atoms with Crippen molar-refractivity contribution in [2.75, 3.05) is 0 Å². The smallest absolute Gasteiger partial charge is 0.244 e. The topological polar surface area (TPSA) is 41.5 Å². The van der Waals surface area contributed by atoms with E-state index < -0.39 is 0 Å². The van der Waals surface area contributed by atoms with Crippen molar-refractivity contribution in [1.82, 2.24) is 5.43 Å². The minimum Gasteiger partial charge on any atom is -0.273 e. The average Bonchev–Trinajstić information content (AvgIpc) is 3.39. The summed E-state index contributed by atoms with van der Waals surface area (Å²) >= 11 is 0. The van der Waals surface area contributed by atoms with Gasteiger partial charge in [-0.15, -0.1) is 0 Å². The fraction of sp³-hybridized carbons (Fsp3) is 0.286. The van der Waals surface area contributed by atoms with Gasteiger partial charge in [0.2, 0.25) is 5.91 Å². The summed E-state index contributed by atoms with van der Waals surface area (Å²) in [6.07, 6.45) is 5.57. The third-order valence-corrected chi connectivity index (χ3v) is 6.95. The predicted octanol–water partition coefficient (Wildman–Crippen LogP) is 5.70. The Bertz CT molecular complexity index is 1010. The van der Waals surface area contributed by atoms with Crippen molar-refractivity contribution in [3.8, 4) is 0 Å². The molecule has 1 unspecified atom stereocenters. The zero-order valence-electron chi connectivity index (χ0n) is 17.7. The van der Waals surface area contributed by atoms with E-state index in [1.807, 2.05) is 30.3 Å². The van der Waals surface area contributed by atoms with Crippen molar-refractivity contribution < 1.29 is 4.79 Å². The Kier molecular flexibility index (Phi) is 5.42. The molecule has 0 aromatic heterocycles. The molecule has 1 N–H and O–H groups in total. The van der Waals surface area contributed by atoms with Crippen LogP contribution in [0, 0.1) is 11.8 Å². The van der Waals surface area contributed by atoms with E-state index in [9.17, 15) is 4.79 Å². The summed E-state index contributed by atoms with van der Waals surface area (Å²) in [7, 11) is 0. The van der Waals surface area contributed by atoms with Crippen molar-refractivity contribution >= 4 is 11.6 Å². The molecule has 0 bridgehead atoms. The number of hydrogen-bond donors (Lipinski definition) is 1. The lowest BCUT2D eigenvalue weighted by molar-refractivity contribution is -0.122. The molecule has 2 saturated carbocycles. The number of nitrogens with one attached hydrogen (secondary N) is 1. The van der Waals surface area contributed by atoms with Gasteiger partial charge in [0, 0.05) is 11.3 Å². The van der Waals surface area contributed by atoms with Crippen LogP contribution < -0.4 is 5.43 Å². The highest BCUT2D eigenvalue weighted by atomic mass is 16.2. The molecule has 2 fully saturated rings. The molecule has 156 valence electrons. The van der Waals surface area contributed by atoms with E-state index in [2.05, 4.69) is 66.1 Å². The van der Waals surface area contributed by atoms with Gasteiger partial charge in [-0.2, -0.15) is 5.10 Å². The second-order valence-corrected chi connectivity index (χ2v) is 8.78. The molecule has 31 heavy (non-hydrogen) atoms. The number of rotatable bonds is 6. The maximum atomic E-state index is 13.3. The second-order valence-electron chi connectivity index (χ2n) is 8.78. The molecule has 3 aromatic carbocycles. The lowest BCUT2D eigenvalue weighted by atomic mass is 9.85. The number of carbonyl (C=O) groups excluding carboxylic acids is 1. The zero-order valence-corrected chi connectivity index (χ0v) is 17.7. The summed E-state index contributed by atoms with van der Waals surface area (Å²) in [4.78, 5) is 13.3. The maximum Gasteiger partial charge on any atom is 0.244 e. The standard InChI is InChI=1S/C28H28N2O/c31-27(30-29-26(22-14-10-11-15-22)21-12-4-1-5-13-21)25-20-28(25,23-16-6-2-7-17-23)24-18-8-3-9-19-24/h1-9,12-13,16-19,22,25H,10-11,14-15,20H2,(H,30,31)/b29-26+. The number of amides is 1. The molecule has 1 atom stereocenters. The normalized spacial score (nSPS) is 20.4. The average molecular weight is 409 g/mol. The number of benzene rings is 3. The van der Waals surface area contributed by atoms with Crippen molar-refractivity contribution in [2.45, 2.75) is 37.5 Å². The highest BCUT2D eigenvalue weighted by Crippen LogP contribution is 2.58. The number of hydrogen-bond acceptors (Lipinski definition) is 2. The van der Waals surface area contributed by atoms with Gasteiger partial charge < -0.3 is 0 Å². The van der Waals surface area contributed by atoms with Gasteiger partial charge in [0.15, 0.2) is 0 Å². The third-order valence-electron chi connectivity index (χ3n) is 6.95. The first-order chi connectivity index (χ1) is 15.3. The molecule has 0 radical (unpaired) electrons. The monoisotopic (exact) mass is 408 g/mol. The van der Waals surface area contributed by atoms with E-state index in [1.54, 1.807) is 0 Å². The summed E-state index contributed by atoms with van der Waals surface area (Å²) in [6.45, 7) is 0. The quantitative estimate of drug-likeness (QED) is 0.412. The molecule has 1 amide bonds. The number of hydrazone groups is 1. The van der Waals surface area contributed by atoms with Crippen LogP contribution in [0.3, 0.4) is 0 Å². The van der Waals surface area contributed by atoms with Crippen molar-refractivity contribution in [2.24, 2.45) is 16.9 Å². The van der Waals surface area contributed by atoms with Crippen LogP contribution in [0.4, 0.5) is 0 Å². The van der Waals surface area contributed by atoms with Crippen LogP contribution in [0.1, 0.15) is 48.8 Å². The summed E-state index contributed by atoms with van der Waals surface area (Å²) in [5, 5.41) is 4.71. The molecule has 0 aliphatic heterocycles. The number of carbonyl (C=O) groups is 1. The Morgan fingerprint density at radius 3 is 1.84 bits per heavy atom. The Morgan fingerprint density at radius 1 is 0.774 bits per heavy atom. The summed E-state index contributed by atoms with van der Waals surface area (Å²) in [5.41, 5.74) is 7.24. The van der Waals surface area contributed by atoms with E-state index in [4.69, 9.17) is 5.10 Å². The number of nitrogens with zero attached hydrogens (tertiary/aromatic N) is 1. The molecule has 5 rings (SSSR count). The molecule has 0 spiro atoms. The van der Waals surface area contributed by atoms with E-state index in [-0.39, 0.29) is 17.2 Å². The van der Waals surface area contributed by atoms with Crippen LogP contribution in [-0.2, 0) is 10.2 Å². The van der Waals surface area contributed by atoms with Crippen molar-refractivity contribution in [3.63, 3.8) is 0 Å². The fourth-order valence-corrected chi connectivity index (χ4v) is 5.25. The van der Waals surface area contributed by atoms with Crippen molar-refractivity contribution in [1.29, 1.82) is 0 Å². The van der Waals surface area contributed by atoms with E-state index in [0.717, 1.165) is 30.5 Å². The maximum absolute atomic E-state index is 13.3. The lowest BCUT2D eigenvalue weighted by Gasteiger charge is -2.19. The molecule has 3 aromatic rings. The van der Waals surface area contributed by atoms with Crippen LogP contribution in [-0.4, -0.2) is 11.6 Å². The van der Waals surface area contributed by atoms with Crippen molar-refractivity contribution in [3.05, 3.63) is 108 Å².